The fourth-order valence-electron chi connectivity index (χ4n) is 7.36. The van der Waals surface area contributed by atoms with Crippen molar-refractivity contribution in [2.24, 2.45) is 0 Å². The molecular formula is C34H35Cl2FN6O3S. The molecule has 0 N–H and O–H groups in total. The summed E-state index contributed by atoms with van der Waals surface area (Å²) in [5, 5.41) is 9.66. The van der Waals surface area contributed by atoms with Gasteiger partial charge in [-0.15, -0.1) is 5.10 Å². The maximum Gasteiger partial charge on any atom is 0.254 e. The van der Waals surface area contributed by atoms with Crippen LogP contribution in [0.2, 0.25) is 10.0 Å². The highest BCUT2D eigenvalue weighted by atomic mass is 35.5. The minimum Gasteiger partial charge on any atom is -0.336 e. The molecule has 3 aromatic carbocycles. The van der Waals surface area contributed by atoms with Crippen LogP contribution in [0.3, 0.4) is 0 Å². The molecule has 9 nitrogen and oxygen atoms in total. The summed E-state index contributed by atoms with van der Waals surface area (Å²) in [5.41, 5.74) is 2.88. The first-order chi connectivity index (χ1) is 22.3. The third kappa shape index (κ3) is 5.76. The number of rotatable bonds is 7. The Morgan fingerprint density at radius 3 is 2.36 bits per heavy atom. The van der Waals surface area contributed by atoms with Crippen molar-refractivity contribution in [3.05, 3.63) is 99.5 Å². The number of amides is 1. The number of fused-ring (bicyclic) bond motifs is 1. The molecule has 4 aliphatic rings. The van der Waals surface area contributed by atoms with E-state index in [4.69, 9.17) is 23.2 Å². The zero-order valence-electron chi connectivity index (χ0n) is 26.3. The van der Waals surface area contributed by atoms with Crippen LogP contribution in [0.15, 0.2) is 71.8 Å². The van der Waals surface area contributed by atoms with Gasteiger partial charge in [0.05, 0.1) is 32.4 Å². The van der Waals surface area contributed by atoms with Gasteiger partial charge in [-0.3, -0.25) is 9.69 Å². The molecule has 246 valence electrons. The summed E-state index contributed by atoms with van der Waals surface area (Å²) in [6.45, 7) is 7.96. The molecule has 1 aliphatic carbocycles. The molecule has 2 atom stereocenters. The molecule has 2 bridgehead atoms. The number of hydrogen-bond donors (Lipinski definition) is 0. The lowest BCUT2D eigenvalue weighted by molar-refractivity contribution is 0.0264. The Kier molecular flexibility index (Phi) is 8.20. The monoisotopic (exact) mass is 696 g/mol. The Balaban J connectivity index is 1.03. The van der Waals surface area contributed by atoms with Crippen LogP contribution in [0.25, 0.3) is 11.1 Å². The first-order valence-corrected chi connectivity index (χ1v) is 17.8. The number of sulfonamides is 1. The van der Waals surface area contributed by atoms with Gasteiger partial charge in [-0.25, -0.2) is 17.5 Å². The van der Waals surface area contributed by atoms with Crippen molar-refractivity contribution in [3.63, 3.8) is 0 Å². The molecule has 0 spiro atoms. The summed E-state index contributed by atoms with van der Waals surface area (Å²) in [4.78, 5) is 18.3. The van der Waals surface area contributed by atoms with Crippen molar-refractivity contribution in [2.45, 2.75) is 68.7 Å². The standard InChI is InChI=1S/C34H35Cl2FN6O3S/c1-21-4-8-28(9-5-21)47(45,46)42-20-34(14-27(42)15-34)43-19-26(38-39-43)18-41-22(2)16-40(17-23(41)3)33(44)29-10-7-25(37)13-30(29)24-6-11-31(35)32(36)12-24/h4-13,19,22-23,27H,14-18,20H2,1-3H3/t22-,23+,27?,34?. The predicted octanol–water partition coefficient (Wildman–Crippen LogP) is 6.00. The zero-order valence-corrected chi connectivity index (χ0v) is 28.6. The Morgan fingerprint density at radius 1 is 0.979 bits per heavy atom. The normalized spacial score (nSPS) is 24.8. The minimum absolute atomic E-state index is 0.00888. The van der Waals surface area contributed by atoms with Crippen molar-refractivity contribution >= 4 is 39.1 Å². The van der Waals surface area contributed by atoms with Crippen molar-refractivity contribution in [1.29, 1.82) is 0 Å². The summed E-state index contributed by atoms with van der Waals surface area (Å²) in [7, 11) is -3.59. The lowest BCUT2D eigenvalue weighted by atomic mass is 9.78. The number of halogens is 3. The Morgan fingerprint density at radius 2 is 1.68 bits per heavy atom. The van der Waals surface area contributed by atoms with Crippen molar-refractivity contribution < 1.29 is 17.6 Å². The molecule has 47 heavy (non-hydrogen) atoms. The van der Waals surface area contributed by atoms with Gasteiger partial charge in [0, 0.05) is 49.9 Å². The number of nitrogens with zero attached hydrogens (tertiary/aromatic N) is 6. The van der Waals surface area contributed by atoms with Crippen LogP contribution in [-0.2, 0) is 22.1 Å². The number of hydrogen-bond acceptors (Lipinski definition) is 6. The highest BCUT2D eigenvalue weighted by Gasteiger charge is 2.60. The molecule has 1 amide bonds. The molecule has 4 heterocycles. The van der Waals surface area contributed by atoms with Crippen molar-refractivity contribution in [3.8, 4) is 11.1 Å². The summed E-state index contributed by atoms with van der Waals surface area (Å²) in [6.07, 6.45) is 3.36. The number of carbonyl (C=O) groups excluding carboxylic acids is 1. The van der Waals surface area contributed by atoms with Gasteiger partial charge in [-0.05, 0) is 87.2 Å². The van der Waals surface area contributed by atoms with E-state index in [1.165, 1.54) is 18.2 Å². The average molecular weight is 698 g/mol. The Hall–Kier alpha value is -3.35. The molecule has 0 unspecified atom stereocenters. The van der Waals surface area contributed by atoms with E-state index in [1.807, 2.05) is 34.8 Å². The van der Waals surface area contributed by atoms with E-state index in [9.17, 15) is 17.6 Å². The van der Waals surface area contributed by atoms with Gasteiger partial charge in [-0.1, -0.05) is 52.2 Å². The fourth-order valence-corrected chi connectivity index (χ4v) is 9.36. The summed E-state index contributed by atoms with van der Waals surface area (Å²) in [5.74, 6) is -0.627. The number of piperazine rings is 1. The fraction of sp³-hybridized carbons (Fsp3) is 0.382. The van der Waals surface area contributed by atoms with Gasteiger partial charge in [0.1, 0.15) is 5.82 Å². The van der Waals surface area contributed by atoms with Crippen LogP contribution < -0.4 is 0 Å². The maximum atomic E-state index is 14.3. The van der Waals surface area contributed by atoms with Gasteiger partial charge < -0.3 is 4.90 Å². The average Bonchev–Trinajstić information content (AvgIpc) is 3.75. The molecule has 0 radical (unpaired) electrons. The molecule has 3 aliphatic heterocycles. The van der Waals surface area contributed by atoms with Gasteiger partial charge in [-0.2, -0.15) is 4.31 Å². The summed E-state index contributed by atoms with van der Waals surface area (Å²) >= 11 is 12.3. The topological polar surface area (TPSA) is 91.6 Å². The van der Waals surface area contributed by atoms with Crippen molar-refractivity contribution in [2.75, 3.05) is 19.6 Å². The number of aryl methyl sites for hydroxylation is 1. The van der Waals surface area contributed by atoms with E-state index < -0.39 is 21.4 Å². The Bertz CT molecular complexity index is 1950. The molecule has 4 fully saturated rings. The van der Waals surface area contributed by atoms with Crippen molar-refractivity contribution in [1.82, 2.24) is 29.1 Å². The van der Waals surface area contributed by atoms with E-state index >= 15 is 0 Å². The smallest absolute Gasteiger partial charge is 0.254 e. The van der Waals surface area contributed by atoms with Crippen LogP contribution in [-0.4, -0.2) is 81.2 Å². The lowest BCUT2D eigenvalue weighted by Crippen LogP contribution is -2.57. The second-order valence-electron chi connectivity index (χ2n) is 13.2. The van der Waals surface area contributed by atoms with Crippen LogP contribution in [0.4, 0.5) is 4.39 Å². The quantitative estimate of drug-likeness (QED) is 0.236. The van der Waals surface area contributed by atoms with Crippen LogP contribution in [0.5, 0.6) is 0 Å². The number of benzene rings is 3. The van der Waals surface area contributed by atoms with E-state index in [0.717, 1.165) is 11.3 Å². The van der Waals surface area contributed by atoms with Gasteiger partial charge >= 0.3 is 0 Å². The summed E-state index contributed by atoms with van der Waals surface area (Å²) in [6, 6.07) is 16.1. The molecule has 1 aromatic heterocycles. The van der Waals surface area contributed by atoms with Gasteiger partial charge in [0.2, 0.25) is 10.0 Å². The maximum absolute atomic E-state index is 14.3. The number of carbonyl (C=O) groups is 1. The molecule has 13 heteroatoms. The molecule has 8 rings (SSSR count). The van der Waals surface area contributed by atoms with Gasteiger partial charge in [0.25, 0.3) is 5.91 Å². The lowest BCUT2D eigenvalue weighted by Gasteiger charge is -2.44. The first-order valence-electron chi connectivity index (χ1n) is 15.6. The van der Waals surface area contributed by atoms with Gasteiger partial charge in [0.15, 0.2) is 0 Å². The highest BCUT2D eigenvalue weighted by molar-refractivity contribution is 7.89. The second kappa shape index (κ2) is 12.0. The SMILES string of the molecule is Cc1ccc(S(=O)(=O)N2CC3(n4cc(CN5[C@H](C)CN(C(=O)c6ccc(F)cc6-c6ccc(Cl)c(Cl)c6)C[C@@H]5C)nn4)CC2C3)cc1. The first kappa shape index (κ1) is 32.2. The minimum atomic E-state index is -3.59. The van der Waals surface area contributed by atoms with E-state index in [2.05, 4.69) is 29.1 Å². The van der Waals surface area contributed by atoms with E-state index in [-0.39, 0.29) is 24.0 Å². The molecule has 3 saturated heterocycles. The third-order valence-corrected chi connectivity index (χ3v) is 12.6. The molecule has 1 saturated carbocycles. The predicted molar refractivity (Wildman–Crippen MR) is 178 cm³/mol. The largest absolute Gasteiger partial charge is 0.336 e. The van der Waals surface area contributed by atoms with Crippen LogP contribution in [0, 0.1) is 12.7 Å². The number of aromatic nitrogens is 3. The molecule has 4 aromatic rings. The summed E-state index contributed by atoms with van der Waals surface area (Å²) < 4.78 is 44.7. The van der Waals surface area contributed by atoms with E-state index in [1.54, 1.807) is 34.6 Å². The second-order valence-corrected chi connectivity index (χ2v) is 15.9. The van der Waals surface area contributed by atoms with Crippen LogP contribution in [0.1, 0.15) is 48.3 Å². The van der Waals surface area contributed by atoms with Crippen LogP contribution >= 0.6 is 23.2 Å². The zero-order chi connectivity index (χ0) is 33.2. The molecular weight excluding hydrogens is 662 g/mol. The Labute approximate surface area is 283 Å². The third-order valence-electron chi connectivity index (χ3n) is 9.92. The van der Waals surface area contributed by atoms with E-state index in [0.29, 0.717) is 70.7 Å². The highest BCUT2D eigenvalue weighted by Crippen LogP contribution is 2.51.